The lowest BCUT2D eigenvalue weighted by Gasteiger charge is -2.40. The molecule has 1 aliphatic carbocycles. The largest absolute Gasteiger partial charge is 0.472 e. The number of rotatable bonds is 7. The first-order chi connectivity index (χ1) is 9.82. The SMILES string of the molecule is CCCNC(c1ccoc1)C1(OCC)CCCCCC1. The Hall–Kier alpha value is -0.800. The molecule has 1 aliphatic rings. The maximum absolute atomic E-state index is 6.33. The van der Waals surface area contributed by atoms with Gasteiger partial charge in [-0.05, 0) is 38.8 Å². The molecule has 1 aromatic heterocycles. The molecule has 1 aromatic rings. The van der Waals surface area contributed by atoms with Gasteiger partial charge in [0.15, 0.2) is 0 Å². The maximum atomic E-state index is 6.33. The van der Waals surface area contributed by atoms with Gasteiger partial charge in [0, 0.05) is 12.2 Å². The fourth-order valence-electron chi connectivity index (χ4n) is 3.47. The molecule has 1 fully saturated rings. The molecule has 0 radical (unpaired) electrons. The summed E-state index contributed by atoms with van der Waals surface area (Å²) in [7, 11) is 0. The number of hydrogen-bond donors (Lipinski definition) is 1. The minimum atomic E-state index is -0.0652. The van der Waals surface area contributed by atoms with E-state index in [0.29, 0.717) is 0 Å². The Morgan fingerprint density at radius 3 is 2.55 bits per heavy atom. The van der Waals surface area contributed by atoms with E-state index in [1.807, 2.05) is 6.26 Å². The standard InChI is InChI=1S/C17H29NO2/c1-3-12-18-16(15-9-13-19-14-15)17(20-4-2)10-7-5-6-8-11-17/h9,13-14,16,18H,3-8,10-12H2,1-2H3. The van der Waals surface area contributed by atoms with E-state index in [9.17, 15) is 0 Å². The molecule has 0 amide bonds. The smallest absolute Gasteiger partial charge is 0.0951 e. The lowest BCUT2D eigenvalue weighted by atomic mass is 9.82. The quantitative estimate of drug-likeness (QED) is 0.749. The monoisotopic (exact) mass is 279 g/mol. The number of nitrogens with one attached hydrogen (secondary N) is 1. The summed E-state index contributed by atoms with van der Waals surface area (Å²) in [4.78, 5) is 0. The van der Waals surface area contributed by atoms with Crippen LogP contribution in [-0.4, -0.2) is 18.8 Å². The molecule has 0 saturated heterocycles. The molecular formula is C17H29NO2. The summed E-state index contributed by atoms with van der Waals surface area (Å²) in [6, 6.07) is 2.33. The summed E-state index contributed by atoms with van der Waals surface area (Å²) in [5.41, 5.74) is 1.17. The van der Waals surface area contributed by atoms with Crippen molar-refractivity contribution in [2.45, 2.75) is 70.4 Å². The van der Waals surface area contributed by atoms with Crippen LogP contribution in [0.1, 0.15) is 70.4 Å². The van der Waals surface area contributed by atoms with Crippen LogP contribution in [0.2, 0.25) is 0 Å². The summed E-state index contributed by atoms with van der Waals surface area (Å²) in [6.45, 7) is 6.12. The predicted octanol–water partition coefficient (Wildman–Crippen LogP) is 4.45. The van der Waals surface area contributed by atoms with Crippen LogP contribution in [-0.2, 0) is 4.74 Å². The first kappa shape index (κ1) is 15.6. The van der Waals surface area contributed by atoms with E-state index in [1.54, 1.807) is 6.26 Å². The molecule has 3 nitrogen and oxygen atoms in total. The summed E-state index contributed by atoms with van der Waals surface area (Å²) in [5, 5.41) is 3.71. The predicted molar refractivity (Wildman–Crippen MR) is 81.8 cm³/mol. The Morgan fingerprint density at radius 2 is 2.00 bits per heavy atom. The zero-order valence-electron chi connectivity index (χ0n) is 13.0. The Kier molecular flexibility index (Phi) is 6.11. The minimum Gasteiger partial charge on any atom is -0.472 e. The average molecular weight is 279 g/mol. The molecular weight excluding hydrogens is 250 g/mol. The third kappa shape index (κ3) is 3.64. The number of hydrogen-bond acceptors (Lipinski definition) is 3. The van der Waals surface area contributed by atoms with Gasteiger partial charge in [-0.2, -0.15) is 0 Å². The molecule has 2 rings (SSSR count). The molecule has 1 atom stereocenters. The van der Waals surface area contributed by atoms with Gasteiger partial charge in [0.2, 0.25) is 0 Å². The normalized spacial score (nSPS) is 20.5. The first-order valence-corrected chi connectivity index (χ1v) is 8.22. The van der Waals surface area contributed by atoms with Gasteiger partial charge in [0.1, 0.15) is 0 Å². The highest BCUT2D eigenvalue weighted by Crippen LogP contribution is 2.40. The fraction of sp³-hybridized carbons (Fsp3) is 0.765. The van der Waals surface area contributed by atoms with Crippen LogP contribution in [0, 0.1) is 0 Å². The first-order valence-electron chi connectivity index (χ1n) is 8.22. The van der Waals surface area contributed by atoms with Crippen LogP contribution in [0.5, 0.6) is 0 Å². The van der Waals surface area contributed by atoms with Gasteiger partial charge in [0.25, 0.3) is 0 Å². The van der Waals surface area contributed by atoms with Crippen molar-refractivity contribution >= 4 is 0 Å². The van der Waals surface area contributed by atoms with Crippen LogP contribution in [0.25, 0.3) is 0 Å². The van der Waals surface area contributed by atoms with Crippen LogP contribution >= 0.6 is 0 Å². The second kappa shape index (κ2) is 7.84. The van der Waals surface area contributed by atoms with Gasteiger partial charge in [-0.25, -0.2) is 0 Å². The van der Waals surface area contributed by atoms with Gasteiger partial charge >= 0.3 is 0 Å². The topological polar surface area (TPSA) is 34.4 Å². The van der Waals surface area contributed by atoms with Gasteiger partial charge in [-0.1, -0.05) is 32.6 Å². The molecule has 1 saturated carbocycles. The van der Waals surface area contributed by atoms with Gasteiger partial charge in [-0.3, -0.25) is 0 Å². The third-order valence-electron chi connectivity index (χ3n) is 4.38. The van der Waals surface area contributed by atoms with Crippen LogP contribution in [0.4, 0.5) is 0 Å². The van der Waals surface area contributed by atoms with Gasteiger partial charge in [0.05, 0.1) is 24.2 Å². The van der Waals surface area contributed by atoms with Crippen molar-refractivity contribution in [1.82, 2.24) is 5.32 Å². The van der Waals surface area contributed by atoms with E-state index in [-0.39, 0.29) is 11.6 Å². The second-order valence-electron chi connectivity index (χ2n) is 5.86. The van der Waals surface area contributed by atoms with Gasteiger partial charge < -0.3 is 14.5 Å². The molecule has 0 aromatic carbocycles. The molecule has 114 valence electrons. The van der Waals surface area contributed by atoms with Crippen molar-refractivity contribution in [2.24, 2.45) is 0 Å². The highest BCUT2D eigenvalue weighted by molar-refractivity contribution is 5.17. The van der Waals surface area contributed by atoms with E-state index in [2.05, 4.69) is 25.2 Å². The van der Waals surface area contributed by atoms with E-state index in [4.69, 9.17) is 9.15 Å². The van der Waals surface area contributed by atoms with E-state index >= 15 is 0 Å². The van der Waals surface area contributed by atoms with Crippen molar-refractivity contribution in [2.75, 3.05) is 13.2 Å². The molecule has 0 aliphatic heterocycles. The average Bonchev–Trinajstić information content (AvgIpc) is 2.87. The zero-order chi connectivity index (χ0) is 14.3. The summed E-state index contributed by atoms with van der Waals surface area (Å²) < 4.78 is 11.7. The van der Waals surface area contributed by atoms with Crippen molar-refractivity contribution < 1.29 is 9.15 Å². The molecule has 20 heavy (non-hydrogen) atoms. The highest BCUT2D eigenvalue weighted by Gasteiger charge is 2.40. The summed E-state index contributed by atoms with van der Waals surface area (Å²) >= 11 is 0. The third-order valence-corrected chi connectivity index (χ3v) is 4.38. The Bertz CT molecular complexity index is 353. The summed E-state index contributed by atoms with van der Waals surface area (Å²) in [6.07, 6.45) is 12.3. The van der Waals surface area contributed by atoms with E-state index < -0.39 is 0 Å². The number of furan rings is 1. The van der Waals surface area contributed by atoms with Crippen molar-refractivity contribution in [1.29, 1.82) is 0 Å². The number of ether oxygens (including phenoxy) is 1. The van der Waals surface area contributed by atoms with Crippen molar-refractivity contribution in [3.05, 3.63) is 24.2 Å². The molecule has 0 spiro atoms. The zero-order valence-corrected chi connectivity index (χ0v) is 13.0. The lowest BCUT2D eigenvalue weighted by molar-refractivity contribution is -0.0782. The van der Waals surface area contributed by atoms with Gasteiger partial charge in [-0.15, -0.1) is 0 Å². The van der Waals surface area contributed by atoms with Crippen LogP contribution in [0.15, 0.2) is 23.0 Å². The molecule has 1 unspecified atom stereocenters. The van der Waals surface area contributed by atoms with Crippen LogP contribution < -0.4 is 5.32 Å². The molecule has 3 heteroatoms. The minimum absolute atomic E-state index is 0.0652. The van der Waals surface area contributed by atoms with E-state index in [1.165, 1.54) is 31.2 Å². The fourth-order valence-corrected chi connectivity index (χ4v) is 3.47. The Morgan fingerprint density at radius 1 is 1.25 bits per heavy atom. The molecule has 0 bridgehead atoms. The van der Waals surface area contributed by atoms with Crippen LogP contribution in [0.3, 0.4) is 0 Å². The van der Waals surface area contributed by atoms with Crippen molar-refractivity contribution in [3.8, 4) is 0 Å². The molecule has 1 heterocycles. The molecule has 1 N–H and O–H groups in total. The second-order valence-corrected chi connectivity index (χ2v) is 5.86. The highest BCUT2D eigenvalue weighted by atomic mass is 16.5. The maximum Gasteiger partial charge on any atom is 0.0951 e. The lowest BCUT2D eigenvalue weighted by Crippen LogP contribution is -2.46. The van der Waals surface area contributed by atoms with Crippen molar-refractivity contribution in [3.63, 3.8) is 0 Å². The van der Waals surface area contributed by atoms with E-state index in [0.717, 1.165) is 32.4 Å². The Labute approximate surface area is 123 Å². The summed E-state index contributed by atoms with van der Waals surface area (Å²) in [5.74, 6) is 0. The Balaban J connectivity index is 2.24.